The zero-order chi connectivity index (χ0) is 21.3. The van der Waals surface area contributed by atoms with E-state index in [-0.39, 0.29) is 16.4 Å². The van der Waals surface area contributed by atoms with Crippen LogP contribution < -0.4 is 16.6 Å². The Morgan fingerprint density at radius 1 is 1.07 bits per heavy atom. The van der Waals surface area contributed by atoms with Crippen LogP contribution in [-0.2, 0) is 6.18 Å². The smallest absolute Gasteiger partial charge is 0.322 e. The molecule has 0 atom stereocenters. The van der Waals surface area contributed by atoms with E-state index in [2.05, 4.69) is 10.3 Å². The molecular weight excluding hydrogens is 418 g/mol. The molecule has 0 saturated heterocycles. The molecule has 2 N–H and O–H groups in total. The molecule has 0 aliphatic carbocycles. The molecule has 0 aliphatic heterocycles. The van der Waals surface area contributed by atoms with Crippen molar-refractivity contribution in [1.82, 2.24) is 9.55 Å². The quantitative estimate of drug-likeness (QED) is 0.627. The number of carbonyl (C=O) groups is 1. The number of anilines is 1. The highest BCUT2D eigenvalue weighted by atomic mass is 35.5. The SMILES string of the molecule is O=C(Nc1ccc(C(F)(F)F)cc1)c1c[nH]c(=O)n(-c2ccc(F)c(Cl)c2)c1=O. The molecule has 150 valence electrons. The highest BCUT2D eigenvalue weighted by Gasteiger charge is 2.30. The predicted molar refractivity (Wildman–Crippen MR) is 97.0 cm³/mol. The van der Waals surface area contributed by atoms with Crippen molar-refractivity contribution >= 4 is 23.2 Å². The Hall–Kier alpha value is -3.40. The minimum absolute atomic E-state index is 0.00461. The van der Waals surface area contributed by atoms with Gasteiger partial charge in [0.15, 0.2) is 0 Å². The zero-order valence-electron chi connectivity index (χ0n) is 14.2. The predicted octanol–water partition coefficient (Wildman–Crippen LogP) is 3.59. The van der Waals surface area contributed by atoms with E-state index in [0.29, 0.717) is 4.57 Å². The first-order valence-corrected chi connectivity index (χ1v) is 8.24. The second-order valence-electron chi connectivity index (χ2n) is 5.78. The number of nitrogens with zero attached hydrogens (tertiary/aromatic N) is 1. The van der Waals surface area contributed by atoms with Gasteiger partial charge in [0.05, 0.1) is 16.3 Å². The fourth-order valence-electron chi connectivity index (χ4n) is 2.44. The van der Waals surface area contributed by atoms with E-state index in [9.17, 15) is 31.9 Å². The largest absolute Gasteiger partial charge is 0.416 e. The third-order valence-electron chi connectivity index (χ3n) is 3.85. The highest BCUT2D eigenvalue weighted by Crippen LogP contribution is 2.29. The van der Waals surface area contributed by atoms with Crippen LogP contribution in [0.2, 0.25) is 5.02 Å². The number of rotatable bonds is 3. The van der Waals surface area contributed by atoms with Gasteiger partial charge in [-0.1, -0.05) is 11.6 Å². The Balaban J connectivity index is 1.95. The van der Waals surface area contributed by atoms with Crippen molar-refractivity contribution in [3.8, 4) is 5.69 Å². The summed E-state index contributed by atoms with van der Waals surface area (Å²) in [5.41, 5.74) is -3.40. The molecule has 29 heavy (non-hydrogen) atoms. The van der Waals surface area contributed by atoms with Crippen molar-refractivity contribution in [3.63, 3.8) is 0 Å². The summed E-state index contributed by atoms with van der Waals surface area (Å²) in [6.07, 6.45) is -3.67. The molecule has 0 spiro atoms. The number of benzene rings is 2. The van der Waals surface area contributed by atoms with Gasteiger partial charge in [-0.15, -0.1) is 0 Å². The topological polar surface area (TPSA) is 84.0 Å². The van der Waals surface area contributed by atoms with Crippen LogP contribution in [0.4, 0.5) is 23.2 Å². The van der Waals surface area contributed by atoms with Gasteiger partial charge >= 0.3 is 11.9 Å². The molecule has 0 aliphatic rings. The summed E-state index contributed by atoms with van der Waals surface area (Å²) >= 11 is 5.66. The van der Waals surface area contributed by atoms with Crippen LogP contribution in [0.1, 0.15) is 15.9 Å². The summed E-state index contributed by atoms with van der Waals surface area (Å²) in [5, 5.41) is 1.93. The van der Waals surface area contributed by atoms with Crippen molar-refractivity contribution in [2.24, 2.45) is 0 Å². The van der Waals surface area contributed by atoms with Crippen molar-refractivity contribution in [2.45, 2.75) is 6.18 Å². The molecule has 0 bridgehead atoms. The second kappa shape index (κ2) is 7.55. The average Bonchev–Trinajstić information content (AvgIpc) is 2.64. The molecule has 6 nitrogen and oxygen atoms in total. The minimum atomic E-state index is -4.54. The van der Waals surface area contributed by atoms with Gasteiger partial charge in [0.2, 0.25) is 0 Å². The number of halogens is 5. The van der Waals surface area contributed by atoms with Crippen LogP contribution in [0.3, 0.4) is 0 Å². The number of hydrogen-bond acceptors (Lipinski definition) is 3. The number of alkyl halides is 3. The number of H-pyrrole nitrogens is 1. The first-order valence-electron chi connectivity index (χ1n) is 7.86. The van der Waals surface area contributed by atoms with Crippen LogP contribution in [0.15, 0.2) is 58.3 Å². The number of amides is 1. The molecule has 0 fully saturated rings. The first-order chi connectivity index (χ1) is 13.6. The van der Waals surface area contributed by atoms with E-state index in [4.69, 9.17) is 11.6 Å². The summed E-state index contributed by atoms with van der Waals surface area (Å²) in [4.78, 5) is 39.2. The Morgan fingerprint density at radius 2 is 1.72 bits per heavy atom. The fourth-order valence-corrected chi connectivity index (χ4v) is 2.61. The van der Waals surface area contributed by atoms with Gasteiger partial charge in [0.1, 0.15) is 11.4 Å². The van der Waals surface area contributed by atoms with E-state index in [1.54, 1.807) is 0 Å². The lowest BCUT2D eigenvalue weighted by Crippen LogP contribution is -2.38. The maximum atomic E-state index is 13.3. The van der Waals surface area contributed by atoms with Crippen LogP contribution in [-0.4, -0.2) is 15.5 Å². The lowest BCUT2D eigenvalue weighted by atomic mass is 10.2. The van der Waals surface area contributed by atoms with Gasteiger partial charge in [-0.3, -0.25) is 9.59 Å². The molecule has 2 aromatic carbocycles. The maximum absolute atomic E-state index is 13.3. The molecule has 11 heteroatoms. The van der Waals surface area contributed by atoms with Crippen LogP contribution in [0.5, 0.6) is 0 Å². The molecule has 3 rings (SSSR count). The zero-order valence-corrected chi connectivity index (χ0v) is 14.9. The average molecular weight is 428 g/mol. The number of hydrogen-bond donors (Lipinski definition) is 2. The van der Waals surface area contributed by atoms with E-state index in [1.165, 1.54) is 0 Å². The summed E-state index contributed by atoms with van der Waals surface area (Å²) in [7, 11) is 0. The van der Waals surface area contributed by atoms with Crippen LogP contribution in [0.25, 0.3) is 5.69 Å². The highest BCUT2D eigenvalue weighted by molar-refractivity contribution is 6.30. The second-order valence-corrected chi connectivity index (χ2v) is 6.18. The van der Waals surface area contributed by atoms with E-state index in [1.807, 2.05) is 0 Å². The lowest BCUT2D eigenvalue weighted by Gasteiger charge is -2.10. The van der Waals surface area contributed by atoms with Gasteiger partial charge in [-0.05, 0) is 42.5 Å². The monoisotopic (exact) mass is 427 g/mol. The van der Waals surface area contributed by atoms with Gasteiger partial charge < -0.3 is 10.3 Å². The van der Waals surface area contributed by atoms with Crippen LogP contribution >= 0.6 is 11.6 Å². The van der Waals surface area contributed by atoms with E-state index >= 15 is 0 Å². The summed E-state index contributed by atoms with van der Waals surface area (Å²) in [6.45, 7) is 0. The number of carbonyl (C=O) groups excluding carboxylic acids is 1. The summed E-state index contributed by atoms with van der Waals surface area (Å²) in [5.74, 6) is -1.73. The Labute approximate surface area is 164 Å². The first kappa shape index (κ1) is 20.3. The van der Waals surface area contributed by atoms with Gasteiger partial charge in [0.25, 0.3) is 11.5 Å². The molecule has 0 unspecified atom stereocenters. The number of aromatic amines is 1. The van der Waals surface area contributed by atoms with Gasteiger partial charge in [-0.2, -0.15) is 13.2 Å². The van der Waals surface area contributed by atoms with Crippen molar-refractivity contribution < 1.29 is 22.4 Å². The van der Waals surface area contributed by atoms with Crippen LogP contribution in [0, 0.1) is 5.82 Å². The molecule has 0 radical (unpaired) electrons. The Morgan fingerprint density at radius 3 is 2.31 bits per heavy atom. The van der Waals surface area contributed by atoms with Crippen molar-refractivity contribution in [1.29, 1.82) is 0 Å². The standard InChI is InChI=1S/C18H10ClF4N3O3/c19-13-7-11(5-6-14(13)20)26-16(28)12(8-24-17(26)29)15(27)25-10-3-1-9(2-4-10)18(21,22)23/h1-8H,(H,24,29)(H,25,27). The number of aromatic nitrogens is 2. The van der Waals surface area contributed by atoms with Gasteiger partial charge in [0, 0.05) is 11.9 Å². The third-order valence-corrected chi connectivity index (χ3v) is 4.14. The fraction of sp³-hybridized carbons (Fsp3) is 0.0556. The van der Waals surface area contributed by atoms with Crippen molar-refractivity contribution in [3.05, 3.63) is 91.5 Å². The van der Waals surface area contributed by atoms with E-state index < -0.39 is 40.3 Å². The molecular formula is C18H10ClF4N3O3. The normalized spacial score (nSPS) is 11.3. The molecule has 1 amide bonds. The minimum Gasteiger partial charge on any atom is -0.322 e. The van der Waals surface area contributed by atoms with Gasteiger partial charge in [-0.25, -0.2) is 13.8 Å². The molecule has 3 aromatic rings. The lowest BCUT2D eigenvalue weighted by molar-refractivity contribution is -0.137. The summed E-state index contributed by atoms with van der Waals surface area (Å²) < 4.78 is 51.7. The van der Waals surface area contributed by atoms with Crippen molar-refractivity contribution in [2.75, 3.05) is 5.32 Å². The Bertz CT molecular complexity index is 1200. The maximum Gasteiger partial charge on any atom is 0.416 e. The van der Waals surface area contributed by atoms with E-state index in [0.717, 1.165) is 48.7 Å². The molecule has 0 saturated carbocycles. The third kappa shape index (κ3) is 4.21. The number of nitrogens with one attached hydrogen (secondary N) is 2. The summed E-state index contributed by atoms with van der Waals surface area (Å²) in [6, 6.07) is 6.66. The molecule has 1 heterocycles. The molecule has 1 aromatic heterocycles. The Kier molecular flexibility index (Phi) is 5.29.